The molecular formula is C19H15BrF6N2O3S. The lowest BCUT2D eigenvalue weighted by molar-refractivity contribution is -0.143. The second kappa shape index (κ2) is 7.94. The van der Waals surface area contributed by atoms with E-state index in [1.54, 1.807) is 17.7 Å². The standard InChI is InChI=1S/C19H15BrF6N2O3S/c1-9-3-11-4-14(20)8-16(17(11)28(9)10(2)29)32(30,31)27-15-6-12(18(21,22)23)5-13(7-15)19(24,25)26/h4-9,27H,3H2,1-2H3/t9-/m1/s1. The van der Waals surface area contributed by atoms with Crippen molar-refractivity contribution < 1.29 is 39.6 Å². The monoisotopic (exact) mass is 544 g/mol. The maximum absolute atomic E-state index is 13.1. The molecule has 0 aromatic heterocycles. The minimum Gasteiger partial charge on any atom is -0.308 e. The Balaban J connectivity index is 2.16. The van der Waals surface area contributed by atoms with Crippen molar-refractivity contribution in [2.24, 2.45) is 0 Å². The van der Waals surface area contributed by atoms with Crippen molar-refractivity contribution >= 4 is 43.2 Å². The van der Waals surface area contributed by atoms with E-state index in [0.717, 1.165) is 6.07 Å². The van der Waals surface area contributed by atoms with Gasteiger partial charge in [-0.1, -0.05) is 15.9 Å². The third-order valence-corrected chi connectivity index (χ3v) is 6.64. The summed E-state index contributed by atoms with van der Waals surface area (Å²) in [7, 11) is -4.68. The Hall–Kier alpha value is -2.28. The van der Waals surface area contributed by atoms with Crippen molar-refractivity contribution in [2.45, 2.75) is 43.6 Å². The van der Waals surface area contributed by atoms with E-state index >= 15 is 0 Å². The summed E-state index contributed by atoms with van der Waals surface area (Å²) in [6.07, 6.45) is -9.96. The van der Waals surface area contributed by atoms with Crippen molar-refractivity contribution in [2.75, 3.05) is 9.62 Å². The number of anilines is 2. The van der Waals surface area contributed by atoms with Crippen molar-refractivity contribution in [1.29, 1.82) is 0 Å². The molecule has 0 saturated carbocycles. The Morgan fingerprint density at radius 2 is 1.56 bits per heavy atom. The summed E-state index contributed by atoms with van der Waals surface area (Å²) in [6.45, 7) is 2.90. The Morgan fingerprint density at radius 3 is 2.03 bits per heavy atom. The van der Waals surface area contributed by atoms with E-state index in [1.807, 2.05) is 0 Å². The molecule has 1 aliphatic heterocycles. The van der Waals surface area contributed by atoms with E-state index in [2.05, 4.69) is 15.9 Å². The Kier molecular flexibility index (Phi) is 6.05. The molecule has 1 heterocycles. The predicted octanol–water partition coefficient (Wildman–Crippen LogP) is 5.59. The molecule has 1 N–H and O–H groups in total. The van der Waals surface area contributed by atoms with Crippen LogP contribution in [-0.2, 0) is 33.6 Å². The van der Waals surface area contributed by atoms with Gasteiger partial charge < -0.3 is 4.90 Å². The molecule has 3 rings (SSSR count). The van der Waals surface area contributed by atoms with Crippen LogP contribution in [0.3, 0.4) is 0 Å². The summed E-state index contributed by atoms with van der Waals surface area (Å²) >= 11 is 3.15. The SMILES string of the molecule is CC(=O)N1c2c(cc(Br)cc2S(=O)(=O)Nc2cc(C(F)(F)F)cc(C(F)(F)F)c2)C[C@H]1C. The number of hydrogen-bond acceptors (Lipinski definition) is 3. The number of amides is 1. The molecule has 2 aromatic carbocycles. The lowest BCUT2D eigenvalue weighted by Crippen LogP contribution is -2.34. The van der Waals surface area contributed by atoms with E-state index in [9.17, 15) is 39.6 Å². The summed E-state index contributed by atoms with van der Waals surface area (Å²) in [5.74, 6) is -0.464. The molecule has 0 spiro atoms. The number of nitrogens with zero attached hydrogens (tertiary/aromatic N) is 1. The van der Waals surface area contributed by atoms with Crippen LogP contribution < -0.4 is 9.62 Å². The molecule has 1 atom stereocenters. The zero-order chi connectivity index (χ0) is 24.2. The zero-order valence-electron chi connectivity index (χ0n) is 16.4. The number of halogens is 7. The van der Waals surface area contributed by atoms with Crippen molar-refractivity contribution in [3.63, 3.8) is 0 Å². The fourth-order valence-corrected chi connectivity index (χ4v) is 5.54. The molecule has 0 radical (unpaired) electrons. The fraction of sp³-hybridized carbons (Fsp3) is 0.316. The smallest absolute Gasteiger partial charge is 0.308 e. The average Bonchev–Trinajstić information content (AvgIpc) is 2.94. The summed E-state index contributed by atoms with van der Waals surface area (Å²) in [6, 6.07) is 2.78. The van der Waals surface area contributed by atoms with Gasteiger partial charge in [-0.15, -0.1) is 0 Å². The Labute approximate surface area is 187 Å². The predicted molar refractivity (Wildman–Crippen MR) is 108 cm³/mol. The van der Waals surface area contributed by atoms with Crippen LogP contribution in [-0.4, -0.2) is 20.4 Å². The van der Waals surface area contributed by atoms with Crippen molar-refractivity contribution in [3.8, 4) is 0 Å². The van der Waals surface area contributed by atoms with Gasteiger partial charge >= 0.3 is 12.4 Å². The summed E-state index contributed by atoms with van der Waals surface area (Å²) in [4.78, 5) is 12.9. The maximum Gasteiger partial charge on any atom is 0.416 e. The van der Waals surface area contributed by atoms with E-state index in [1.165, 1.54) is 11.8 Å². The minimum atomic E-state index is -5.14. The van der Waals surface area contributed by atoms with Gasteiger partial charge in [0.25, 0.3) is 10.0 Å². The van der Waals surface area contributed by atoms with Gasteiger partial charge in [0.15, 0.2) is 0 Å². The molecule has 0 saturated heterocycles. The second-order valence-electron chi connectivity index (χ2n) is 7.25. The molecular weight excluding hydrogens is 530 g/mol. The molecule has 0 bridgehead atoms. The highest BCUT2D eigenvalue weighted by molar-refractivity contribution is 9.10. The highest BCUT2D eigenvalue weighted by atomic mass is 79.9. The van der Waals surface area contributed by atoms with Gasteiger partial charge in [-0.05, 0) is 49.2 Å². The number of sulfonamides is 1. The molecule has 5 nitrogen and oxygen atoms in total. The van der Waals surface area contributed by atoms with Crippen LogP contribution in [0.1, 0.15) is 30.5 Å². The first-order valence-electron chi connectivity index (χ1n) is 8.95. The lowest BCUT2D eigenvalue weighted by atomic mass is 10.1. The van der Waals surface area contributed by atoms with Crippen LogP contribution in [0.2, 0.25) is 0 Å². The highest BCUT2D eigenvalue weighted by Gasteiger charge is 2.39. The van der Waals surface area contributed by atoms with E-state index in [0.29, 0.717) is 16.5 Å². The maximum atomic E-state index is 13.1. The molecule has 1 aliphatic rings. The molecule has 32 heavy (non-hydrogen) atoms. The van der Waals surface area contributed by atoms with Crippen molar-refractivity contribution in [3.05, 3.63) is 51.5 Å². The number of nitrogens with one attached hydrogen (secondary N) is 1. The van der Waals surface area contributed by atoms with Gasteiger partial charge in [0, 0.05) is 17.4 Å². The van der Waals surface area contributed by atoms with Gasteiger partial charge in [-0.2, -0.15) is 26.3 Å². The van der Waals surface area contributed by atoms with Crippen LogP contribution in [0.15, 0.2) is 39.7 Å². The number of carbonyl (C=O) groups excluding carboxylic acids is 1. The largest absolute Gasteiger partial charge is 0.416 e. The first kappa shape index (κ1) is 24.4. The normalized spacial score (nSPS) is 16.8. The van der Waals surface area contributed by atoms with E-state index < -0.39 is 56.0 Å². The minimum absolute atomic E-state index is 0.0312. The average molecular weight is 545 g/mol. The topological polar surface area (TPSA) is 66.5 Å². The first-order valence-corrected chi connectivity index (χ1v) is 11.2. The third kappa shape index (κ3) is 4.72. The van der Waals surface area contributed by atoms with Crippen LogP contribution >= 0.6 is 15.9 Å². The third-order valence-electron chi connectivity index (χ3n) is 4.78. The molecule has 0 aliphatic carbocycles. The number of rotatable bonds is 3. The van der Waals surface area contributed by atoms with Crippen LogP contribution in [0.4, 0.5) is 37.7 Å². The highest BCUT2D eigenvalue weighted by Crippen LogP contribution is 2.42. The summed E-state index contributed by atoms with van der Waals surface area (Å²) in [5.41, 5.74) is -3.72. The van der Waals surface area contributed by atoms with Crippen molar-refractivity contribution in [1.82, 2.24) is 0 Å². The second-order valence-corrected chi connectivity index (χ2v) is 9.82. The number of benzene rings is 2. The number of hydrogen-bond donors (Lipinski definition) is 1. The Bertz CT molecular complexity index is 1160. The van der Waals surface area contributed by atoms with Gasteiger partial charge in [0.05, 0.1) is 22.5 Å². The zero-order valence-corrected chi connectivity index (χ0v) is 18.8. The summed E-state index contributed by atoms with van der Waals surface area (Å²) < 4.78 is 107. The van der Waals surface area contributed by atoms with Gasteiger partial charge in [-0.25, -0.2) is 8.42 Å². The molecule has 13 heteroatoms. The lowest BCUT2D eigenvalue weighted by Gasteiger charge is -2.23. The van der Waals surface area contributed by atoms with Gasteiger partial charge in [0.1, 0.15) is 4.90 Å². The Morgan fingerprint density at radius 1 is 1.03 bits per heavy atom. The van der Waals surface area contributed by atoms with Crippen LogP contribution in [0.25, 0.3) is 0 Å². The molecule has 174 valence electrons. The van der Waals surface area contributed by atoms with E-state index in [4.69, 9.17) is 0 Å². The molecule has 1 amide bonds. The number of alkyl halides is 6. The van der Waals surface area contributed by atoms with Gasteiger partial charge in [0.2, 0.25) is 5.91 Å². The molecule has 2 aromatic rings. The number of fused-ring (bicyclic) bond motifs is 1. The van der Waals surface area contributed by atoms with E-state index in [-0.39, 0.29) is 23.9 Å². The van der Waals surface area contributed by atoms with Crippen LogP contribution in [0.5, 0.6) is 0 Å². The summed E-state index contributed by atoms with van der Waals surface area (Å²) in [5, 5.41) is 0. The van der Waals surface area contributed by atoms with Crippen LogP contribution in [0, 0.1) is 0 Å². The first-order chi connectivity index (χ1) is 14.5. The fourth-order valence-electron chi connectivity index (χ4n) is 3.58. The molecule has 0 fully saturated rings. The number of carbonyl (C=O) groups is 1. The molecule has 0 unspecified atom stereocenters. The quantitative estimate of drug-likeness (QED) is 0.512. The van der Waals surface area contributed by atoms with Gasteiger partial charge in [-0.3, -0.25) is 9.52 Å².